The van der Waals surface area contributed by atoms with Crippen LogP contribution in [-0.2, 0) is 16.7 Å². The van der Waals surface area contributed by atoms with Crippen molar-refractivity contribution >= 4 is 22.8 Å². The van der Waals surface area contributed by atoms with E-state index >= 15 is 0 Å². The third-order valence-corrected chi connectivity index (χ3v) is 7.18. The van der Waals surface area contributed by atoms with Crippen molar-refractivity contribution in [2.24, 2.45) is 7.05 Å². The van der Waals surface area contributed by atoms with Gasteiger partial charge in [-0.1, -0.05) is 43.7 Å². The third kappa shape index (κ3) is 5.05. The zero-order valence-corrected chi connectivity index (χ0v) is 21.9. The molecule has 0 radical (unpaired) electrons. The van der Waals surface area contributed by atoms with Gasteiger partial charge in [0.1, 0.15) is 23.3 Å². The molecule has 0 aliphatic carbocycles. The maximum Gasteiger partial charge on any atom is 0.349 e. The molecule has 0 saturated carbocycles. The fraction of sp³-hybridized carbons (Fsp3) is 0.444. The zero-order chi connectivity index (χ0) is 26.7. The molecule has 37 heavy (non-hydrogen) atoms. The number of benzene rings is 1. The molecule has 1 aliphatic rings. The number of carbonyl (C=O) groups excluding carboxylic acids is 1. The van der Waals surface area contributed by atoms with Crippen molar-refractivity contribution in [3.63, 3.8) is 0 Å². The fourth-order valence-electron chi connectivity index (χ4n) is 5.13. The van der Waals surface area contributed by atoms with Gasteiger partial charge in [0, 0.05) is 32.2 Å². The number of hydrogen-bond acceptors (Lipinski definition) is 8. The van der Waals surface area contributed by atoms with Gasteiger partial charge in [-0.25, -0.2) is 15.3 Å². The average Bonchev–Trinajstić information content (AvgIpc) is 2.91. The molecule has 1 fully saturated rings. The Bertz CT molecular complexity index is 1380. The van der Waals surface area contributed by atoms with Gasteiger partial charge in [-0.05, 0) is 37.5 Å². The summed E-state index contributed by atoms with van der Waals surface area (Å²) < 4.78 is 1.45. The molecule has 3 atom stereocenters. The summed E-state index contributed by atoms with van der Waals surface area (Å²) in [5.74, 6) is 0.249. The predicted molar refractivity (Wildman–Crippen MR) is 141 cm³/mol. The zero-order valence-electron chi connectivity index (χ0n) is 21.9. The first-order valence-corrected chi connectivity index (χ1v) is 12.5. The van der Waals surface area contributed by atoms with Crippen molar-refractivity contribution in [3.05, 3.63) is 63.7 Å². The van der Waals surface area contributed by atoms with E-state index in [1.54, 1.807) is 19.2 Å². The lowest BCUT2D eigenvalue weighted by Gasteiger charge is -2.49. The molecule has 1 aliphatic heterocycles. The van der Waals surface area contributed by atoms with E-state index in [-0.39, 0.29) is 29.4 Å². The Labute approximate surface area is 216 Å². The predicted octanol–water partition coefficient (Wildman–Crippen LogP) is 2.61. The molecule has 1 saturated heterocycles. The molecule has 2 aromatic heterocycles. The van der Waals surface area contributed by atoms with Gasteiger partial charge in [-0.3, -0.25) is 19.1 Å². The van der Waals surface area contributed by atoms with E-state index in [2.05, 4.69) is 45.2 Å². The van der Waals surface area contributed by atoms with Crippen LogP contribution < -0.4 is 16.1 Å². The molecule has 1 unspecified atom stereocenters. The minimum atomic E-state index is -0.543. The van der Waals surface area contributed by atoms with E-state index in [9.17, 15) is 14.9 Å². The largest absolute Gasteiger partial charge is 0.349 e. The molecule has 1 aromatic carbocycles. The lowest BCUT2D eigenvalue weighted by molar-refractivity contribution is -0.139. The van der Waals surface area contributed by atoms with Crippen LogP contribution in [0.5, 0.6) is 0 Å². The van der Waals surface area contributed by atoms with Crippen molar-refractivity contribution in [1.82, 2.24) is 24.9 Å². The molecule has 4 rings (SSSR count). The molecule has 3 aromatic rings. The number of aryl methyl sites for hydroxylation is 2. The first-order chi connectivity index (χ1) is 17.8. The molecule has 10 nitrogen and oxygen atoms in total. The minimum absolute atomic E-state index is 0.0169. The second-order valence-electron chi connectivity index (χ2n) is 9.41. The minimum Gasteiger partial charge on any atom is -0.349 e. The number of fused-ring (bicyclic) bond motifs is 1. The van der Waals surface area contributed by atoms with Crippen molar-refractivity contribution < 1.29 is 9.63 Å². The van der Waals surface area contributed by atoms with Crippen LogP contribution in [-0.4, -0.2) is 57.6 Å². The number of rotatable bonds is 7. The van der Waals surface area contributed by atoms with Gasteiger partial charge < -0.3 is 4.90 Å². The monoisotopic (exact) mass is 503 g/mol. The Morgan fingerprint density at radius 2 is 1.84 bits per heavy atom. The van der Waals surface area contributed by atoms with Crippen LogP contribution in [0.2, 0.25) is 0 Å². The second kappa shape index (κ2) is 11.1. The number of hydroxylamine groups is 1. The van der Waals surface area contributed by atoms with Gasteiger partial charge in [0.05, 0.1) is 12.6 Å². The second-order valence-corrected chi connectivity index (χ2v) is 9.41. The number of aromatic nitrogens is 3. The maximum absolute atomic E-state index is 13.3. The van der Waals surface area contributed by atoms with Crippen LogP contribution in [0.4, 0.5) is 5.82 Å². The molecular weight excluding hydrogens is 470 g/mol. The Morgan fingerprint density at radius 3 is 2.46 bits per heavy atom. The Hall–Kier alpha value is -3.81. The Kier molecular flexibility index (Phi) is 7.86. The summed E-state index contributed by atoms with van der Waals surface area (Å²) in [6.07, 6.45) is 1.53. The number of anilines is 1. The van der Waals surface area contributed by atoms with Crippen LogP contribution in [0.3, 0.4) is 0 Å². The van der Waals surface area contributed by atoms with Crippen LogP contribution in [0, 0.1) is 18.3 Å². The van der Waals surface area contributed by atoms with E-state index in [0.717, 1.165) is 24.0 Å². The summed E-state index contributed by atoms with van der Waals surface area (Å²) in [5.41, 5.74) is 5.57. The molecular formula is C27H33N7O3. The van der Waals surface area contributed by atoms with E-state index in [1.165, 1.54) is 11.7 Å². The Morgan fingerprint density at radius 1 is 1.14 bits per heavy atom. The topological polar surface area (TPSA) is 116 Å². The SMILES string of the molecule is CC[C@H]1CN(C(C(=O)NOC)c2ccc(C)cc2)[C@H](CC)CN1c1nc(=O)n(C)c2ccc(C#N)nc12. The number of amides is 1. The highest BCUT2D eigenvalue weighted by Gasteiger charge is 2.40. The maximum atomic E-state index is 13.3. The number of pyridine rings is 1. The fourth-order valence-corrected chi connectivity index (χ4v) is 5.13. The first kappa shape index (κ1) is 26.3. The van der Waals surface area contributed by atoms with Crippen molar-refractivity contribution in [3.8, 4) is 6.07 Å². The molecule has 0 spiro atoms. The van der Waals surface area contributed by atoms with Crippen molar-refractivity contribution in [2.45, 2.75) is 51.7 Å². The first-order valence-electron chi connectivity index (χ1n) is 12.5. The van der Waals surface area contributed by atoms with E-state index in [4.69, 9.17) is 4.84 Å². The Balaban J connectivity index is 1.79. The van der Waals surface area contributed by atoms with Crippen molar-refractivity contribution in [1.29, 1.82) is 5.26 Å². The molecule has 194 valence electrons. The third-order valence-electron chi connectivity index (χ3n) is 7.18. The van der Waals surface area contributed by atoms with Crippen LogP contribution in [0.15, 0.2) is 41.2 Å². The summed E-state index contributed by atoms with van der Waals surface area (Å²) in [7, 11) is 3.09. The van der Waals surface area contributed by atoms with Gasteiger partial charge in [-0.15, -0.1) is 0 Å². The van der Waals surface area contributed by atoms with Gasteiger partial charge >= 0.3 is 5.69 Å². The molecule has 1 amide bonds. The lowest BCUT2D eigenvalue weighted by Crippen LogP contribution is -2.61. The smallest absolute Gasteiger partial charge is 0.349 e. The van der Waals surface area contributed by atoms with Gasteiger partial charge in [-0.2, -0.15) is 10.2 Å². The lowest BCUT2D eigenvalue weighted by atomic mass is 9.95. The average molecular weight is 504 g/mol. The van der Waals surface area contributed by atoms with E-state index in [1.807, 2.05) is 31.2 Å². The number of carbonyl (C=O) groups is 1. The van der Waals surface area contributed by atoms with Gasteiger partial charge in [0.2, 0.25) is 0 Å². The number of nitrogens with one attached hydrogen (secondary N) is 1. The molecule has 10 heteroatoms. The quantitative estimate of drug-likeness (QED) is 0.489. The number of piperazine rings is 1. The van der Waals surface area contributed by atoms with Crippen LogP contribution in [0.25, 0.3) is 11.0 Å². The number of nitrogens with zero attached hydrogens (tertiary/aromatic N) is 6. The van der Waals surface area contributed by atoms with Gasteiger partial charge in [0.15, 0.2) is 5.82 Å². The van der Waals surface area contributed by atoms with Crippen molar-refractivity contribution in [2.75, 3.05) is 25.1 Å². The summed E-state index contributed by atoms with van der Waals surface area (Å²) in [4.78, 5) is 44.4. The summed E-state index contributed by atoms with van der Waals surface area (Å²) in [5, 5.41) is 9.45. The van der Waals surface area contributed by atoms with E-state index in [0.29, 0.717) is 29.9 Å². The summed E-state index contributed by atoms with van der Waals surface area (Å²) in [6.45, 7) is 7.30. The van der Waals surface area contributed by atoms with E-state index < -0.39 is 6.04 Å². The number of nitriles is 1. The normalized spacial score (nSPS) is 19.0. The highest BCUT2D eigenvalue weighted by Crippen LogP contribution is 2.34. The highest BCUT2D eigenvalue weighted by molar-refractivity contribution is 5.86. The highest BCUT2D eigenvalue weighted by atomic mass is 16.6. The van der Waals surface area contributed by atoms with Gasteiger partial charge in [0.25, 0.3) is 5.91 Å². The summed E-state index contributed by atoms with van der Waals surface area (Å²) >= 11 is 0. The standard InChI is InChI=1S/C27H33N7O3/c1-6-20-16-34(25-23-22(32(4)27(36)30-25)13-12-19(14-28)29-23)21(7-2)15-33(20)24(26(35)31-37-5)18-10-8-17(3)9-11-18/h8-13,20-21,24H,6-7,15-16H2,1-5H3,(H,31,35)/t20-,21+,24?/m1/s1. The molecule has 1 N–H and O–H groups in total. The summed E-state index contributed by atoms with van der Waals surface area (Å²) in [6, 6.07) is 12.8. The molecule has 3 heterocycles. The molecule has 0 bridgehead atoms. The number of hydrogen-bond donors (Lipinski definition) is 1. The van der Waals surface area contributed by atoms with Crippen LogP contribution >= 0.6 is 0 Å². The van der Waals surface area contributed by atoms with Crippen LogP contribution in [0.1, 0.15) is 49.6 Å².